The number of carboxylic acid groups (broad SMARTS) is 1. The highest BCUT2D eigenvalue weighted by Gasteiger charge is 2.10. The number of nitrogens with zero attached hydrogens (tertiary/aromatic N) is 2. The molecule has 0 aliphatic rings. The van der Waals surface area contributed by atoms with Crippen LogP contribution in [0.15, 0.2) is 66.7 Å². The lowest BCUT2D eigenvalue weighted by Crippen LogP contribution is -2.00. The first-order valence-electron chi connectivity index (χ1n) is 8.99. The van der Waals surface area contributed by atoms with E-state index in [1.807, 2.05) is 55.5 Å². The molecule has 0 saturated heterocycles. The number of carboxylic acids is 1. The van der Waals surface area contributed by atoms with Crippen molar-refractivity contribution in [3.63, 3.8) is 0 Å². The fourth-order valence-electron chi connectivity index (χ4n) is 3.06. The van der Waals surface area contributed by atoms with Crippen LogP contribution in [0.5, 0.6) is 5.75 Å². The molecule has 0 aliphatic carbocycles. The molecule has 4 aromatic rings. The van der Waals surface area contributed by atoms with Gasteiger partial charge in [-0.3, -0.25) is 0 Å². The number of aromatic carboxylic acids is 1. The normalized spacial score (nSPS) is 10.8. The van der Waals surface area contributed by atoms with Crippen LogP contribution in [-0.4, -0.2) is 21.0 Å². The van der Waals surface area contributed by atoms with Gasteiger partial charge in [0.25, 0.3) is 0 Å². The smallest absolute Gasteiger partial charge is 0.335 e. The van der Waals surface area contributed by atoms with E-state index in [1.54, 1.807) is 18.2 Å². The molecule has 144 valence electrons. The molecule has 0 saturated carbocycles. The number of aromatic nitrogens is 2. The first-order chi connectivity index (χ1) is 14.0. The summed E-state index contributed by atoms with van der Waals surface area (Å²) in [6, 6.07) is 19.8. The Morgan fingerprint density at radius 2 is 1.79 bits per heavy atom. The number of para-hydroxylation sites is 1. The molecular weight excluding hydrogens is 388 g/mol. The number of aryl methyl sites for hydroxylation is 1. The van der Waals surface area contributed by atoms with E-state index in [2.05, 4.69) is 9.97 Å². The predicted octanol–water partition coefficient (Wildman–Crippen LogP) is 5.54. The van der Waals surface area contributed by atoms with Crippen LogP contribution in [0.4, 0.5) is 0 Å². The van der Waals surface area contributed by atoms with Gasteiger partial charge in [-0.25, -0.2) is 14.8 Å². The minimum Gasteiger partial charge on any atom is -0.489 e. The third-order valence-electron chi connectivity index (χ3n) is 4.56. The van der Waals surface area contributed by atoms with Crippen LogP contribution in [0.25, 0.3) is 22.3 Å². The summed E-state index contributed by atoms with van der Waals surface area (Å²) in [6.45, 7) is 2.22. The van der Waals surface area contributed by atoms with E-state index in [9.17, 15) is 4.79 Å². The average molecular weight is 405 g/mol. The molecule has 0 spiro atoms. The standard InChI is InChI=1S/C23H17ClN2O3/c1-14-19-6-3-7-20(24)21(19)26-22(25-14)16-8-10-18(11-9-16)29-13-15-4-2-5-17(12-15)23(27)28/h2-12H,13H2,1H3,(H,27,28). The maximum Gasteiger partial charge on any atom is 0.335 e. The molecule has 0 radical (unpaired) electrons. The van der Waals surface area contributed by atoms with Gasteiger partial charge in [0.2, 0.25) is 0 Å². The van der Waals surface area contributed by atoms with Crippen molar-refractivity contribution in [1.82, 2.24) is 9.97 Å². The van der Waals surface area contributed by atoms with E-state index in [-0.39, 0.29) is 12.2 Å². The zero-order chi connectivity index (χ0) is 20.4. The van der Waals surface area contributed by atoms with E-state index >= 15 is 0 Å². The third kappa shape index (κ3) is 4.05. The molecule has 0 amide bonds. The molecular formula is C23H17ClN2O3. The summed E-state index contributed by atoms with van der Waals surface area (Å²) in [7, 11) is 0. The Morgan fingerprint density at radius 1 is 1.03 bits per heavy atom. The molecule has 29 heavy (non-hydrogen) atoms. The van der Waals surface area contributed by atoms with Crippen LogP contribution >= 0.6 is 11.6 Å². The van der Waals surface area contributed by atoms with Crippen LogP contribution < -0.4 is 4.74 Å². The highest BCUT2D eigenvalue weighted by atomic mass is 35.5. The van der Waals surface area contributed by atoms with Crippen molar-refractivity contribution in [2.75, 3.05) is 0 Å². The summed E-state index contributed by atoms with van der Waals surface area (Å²) in [5.74, 6) is 0.316. The Balaban J connectivity index is 1.54. The van der Waals surface area contributed by atoms with Crippen molar-refractivity contribution < 1.29 is 14.6 Å². The maximum atomic E-state index is 11.1. The first-order valence-corrected chi connectivity index (χ1v) is 9.37. The number of hydrogen-bond acceptors (Lipinski definition) is 4. The second-order valence-electron chi connectivity index (χ2n) is 6.59. The van der Waals surface area contributed by atoms with Gasteiger partial charge >= 0.3 is 5.97 Å². The summed E-state index contributed by atoms with van der Waals surface area (Å²) in [5, 5.41) is 10.6. The van der Waals surface area contributed by atoms with Gasteiger partial charge in [0.05, 0.1) is 16.1 Å². The minimum absolute atomic E-state index is 0.240. The lowest BCUT2D eigenvalue weighted by Gasteiger charge is -2.09. The third-order valence-corrected chi connectivity index (χ3v) is 4.86. The van der Waals surface area contributed by atoms with Crippen LogP contribution in [-0.2, 0) is 6.61 Å². The quantitative estimate of drug-likeness (QED) is 0.473. The maximum absolute atomic E-state index is 11.1. The highest BCUT2D eigenvalue weighted by molar-refractivity contribution is 6.35. The van der Waals surface area contributed by atoms with Crippen LogP contribution in [0.3, 0.4) is 0 Å². The van der Waals surface area contributed by atoms with Crippen LogP contribution in [0.2, 0.25) is 5.02 Å². The van der Waals surface area contributed by atoms with Crippen molar-refractivity contribution in [3.05, 3.63) is 88.6 Å². The zero-order valence-corrected chi connectivity index (χ0v) is 16.3. The molecule has 3 aromatic carbocycles. The number of fused-ring (bicyclic) bond motifs is 1. The molecule has 1 aromatic heterocycles. The van der Waals surface area contributed by atoms with Crippen molar-refractivity contribution in [2.45, 2.75) is 13.5 Å². The second-order valence-corrected chi connectivity index (χ2v) is 6.99. The Kier molecular flexibility index (Phi) is 5.14. The topological polar surface area (TPSA) is 72.3 Å². The van der Waals surface area contributed by atoms with Crippen molar-refractivity contribution >= 4 is 28.5 Å². The van der Waals surface area contributed by atoms with E-state index in [4.69, 9.17) is 21.4 Å². The predicted molar refractivity (Wildman–Crippen MR) is 112 cm³/mol. The largest absolute Gasteiger partial charge is 0.489 e. The minimum atomic E-state index is -0.956. The molecule has 1 N–H and O–H groups in total. The zero-order valence-electron chi connectivity index (χ0n) is 15.6. The Bertz CT molecular complexity index is 1210. The Labute approximate surface area is 172 Å². The molecule has 4 rings (SSSR count). The van der Waals surface area contributed by atoms with Crippen molar-refractivity contribution in [2.24, 2.45) is 0 Å². The van der Waals surface area contributed by atoms with Gasteiger partial charge in [-0.05, 0) is 55.0 Å². The lowest BCUT2D eigenvalue weighted by atomic mass is 10.1. The second kappa shape index (κ2) is 7.89. The van der Waals surface area contributed by atoms with Gasteiger partial charge in [-0.2, -0.15) is 0 Å². The number of hydrogen-bond donors (Lipinski definition) is 1. The van der Waals surface area contributed by atoms with Crippen LogP contribution in [0, 0.1) is 6.92 Å². The lowest BCUT2D eigenvalue weighted by molar-refractivity contribution is 0.0696. The first kappa shape index (κ1) is 18.9. The summed E-state index contributed by atoms with van der Waals surface area (Å²) in [6.07, 6.45) is 0. The molecule has 0 fully saturated rings. The summed E-state index contributed by atoms with van der Waals surface area (Å²) >= 11 is 6.30. The van der Waals surface area contributed by atoms with Gasteiger partial charge in [0.15, 0.2) is 5.82 Å². The fraction of sp³-hybridized carbons (Fsp3) is 0.0870. The molecule has 0 bridgehead atoms. The van der Waals surface area contributed by atoms with Crippen molar-refractivity contribution in [1.29, 1.82) is 0 Å². The Morgan fingerprint density at radius 3 is 2.55 bits per heavy atom. The number of carbonyl (C=O) groups is 1. The number of halogens is 1. The van der Waals surface area contributed by atoms with Crippen molar-refractivity contribution in [3.8, 4) is 17.1 Å². The van der Waals surface area contributed by atoms with Gasteiger partial charge < -0.3 is 9.84 Å². The van der Waals surface area contributed by atoms with Gasteiger partial charge in [0, 0.05) is 16.6 Å². The average Bonchev–Trinajstić information content (AvgIpc) is 2.73. The monoisotopic (exact) mass is 404 g/mol. The molecule has 6 heteroatoms. The number of ether oxygens (including phenoxy) is 1. The summed E-state index contributed by atoms with van der Waals surface area (Å²) in [5.41, 5.74) is 3.48. The summed E-state index contributed by atoms with van der Waals surface area (Å²) in [4.78, 5) is 20.3. The molecule has 5 nitrogen and oxygen atoms in total. The molecule has 0 unspecified atom stereocenters. The number of rotatable bonds is 5. The summed E-state index contributed by atoms with van der Waals surface area (Å²) < 4.78 is 5.78. The van der Waals surface area contributed by atoms with Gasteiger partial charge in [0.1, 0.15) is 12.4 Å². The number of benzene rings is 3. The fourth-order valence-corrected chi connectivity index (χ4v) is 3.28. The SMILES string of the molecule is Cc1nc(-c2ccc(OCc3cccc(C(=O)O)c3)cc2)nc2c(Cl)cccc12. The highest BCUT2D eigenvalue weighted by Crippen LogP contribution is 2.27. The van der Waals surface area contributed by atoms with E-state index in [0.29, 0.717) is 16.6 Å². The van der Waals surface area contributed by atoms with E-state index in [1.165, 1.54) is 0 Å². The van der Waals surface area contributed by atoms with Gasteiger partial charge in [-0.15, -0.1) is 0 Å². The van der Waals surface area contributed by atoms with Gasteiger partial charge in [-0.1, -0.05) is 35.9 Å². The van der Waals surface area contributed by atoms with Crippen LogP contribution in [0.1, 0.15) is 21.6 Å². The van der Waals surface area contributed by atoms with E-state index < -0.39 is 5.97 Å². The molecule has 0 atom stereocenters. The molecule has 0 aliphatic heterocycles. The molecule has 1 heterocycles. The Hall–Kier alpha value is -3.44. The van der Waals surface area contributed by atoms with E-state index in [0.717, 1.165) is 27.7 Å².